The molecular weight excluding hydrogens is 413 g/mol. The molecule has 1 N–H and O–H groups in total. The Morgan fingerprint density at radius 3 is 2.68 bits per heavy atom. The summed E-state index contributed by atoms with van der Waals surface area (Å²) in [7, 11) is 0. The van der Waals surface area contributed by atoms with E-state index >= 15 is 0 Å². The van der Waals surface area contributed by atoms with Gasteiger partial charge in [-0.3, -0.25) is 9.69 Å². The molecule has 2 heterocycles. The average Bonchev–Trinajstić information content (AvgIpc) is 3.12. The Kier molecular flexibility index (Phi) is 6.83. The summed E-state index contributed by atoms with van der Waals surface area (Å²) in [6.07, 6.45) is 3.28. The normalized spacial score (nSPS) is 22.0. The zero-order valence-corrected chi connectivity index (χ0v) is 19.0. The van der Waals surface area contributed by atoms with Crippen molar-refractivity contribution >= 4 is 23.2 Å². The molecule has 2 aromatic carbocycles. The fraction of sp³-hybridized carbons (Fsp3) is 0.480. The molecule has 6 heteroatoms. The van der Waals surface area contributed by atoms with Crippen LogP contribution in [0.2, 0.25) is 5.02 Å². The van der Waals surface area contributed by atoms with E-state index in [-0.39, 0.29) is 17.9 Å². The van der Waals surface area contributed by atoms with Crippen LogP contribution in [-0.4, -0.2) is 46.9 Å². The Morgan fingerprint density at radius 2 is 1.90 bits per heavy atom. The Balaban J connectivity index is 1.65. The van der Waals surface area contributed by atoms with Crippen LogP contribution in [0, 0.1) is 5.82 Å². The smallest absolute Gasteiger partial charge is 0.227 e. The summed E-state index contributed by atoms with van der Waals surface area (Å²) in [6, 6.07) is 14.0. The van der Waals surface area contributed by atoms with Crippen molar-refractivity contribution < 1.29 is 9.18 Å². The van der Waals surface area contributed by atoms with Gasteiger partial charge < -0.3 is 10.2 Å². The topological polar surface area (TPSA) is 35.6 Å². The van der Waals surface area contributed by atoms with Crippen molar-refractivity contribution in [3.8, 4) is 0 Å². The van der Waals surface area contributed by atoms with Gasteiger partial charge in [-0.25, -0.2) is 4.39 Å². The number of nitrogens with one attached hydrogen (secondary N) is 1. The van der Waals surface area contributed by atoms with E-state index in [1.807, 2.05) is 17.0 Å². The van der Waals surface area contributed by atoms with Crippen molar-refractivity contribution in [3.05, 3.63) is 64.4 Å². The van der Waals surface area contributed by atoms with Crippen molar-refractivity contribution in [2.24, 2.45) is 0 Å². The van der Waals surface area contributed by atoms with Crippen LogP contribution >= 0.6 is 11.6 Å². The summed E-state index contributed by atoms with van der Waals surface area (Å²) in [6.45, 7) is 6.53. The summed E-state index contributed by atoms with van der Waals surface area (Å²) in [5.74, 6) is -0.515. The van der Waals surface area contributed by atoms with E-state index in [9.17, 15) is 9.18 Å². The van der Waals surface area contributed by atoms with Gasteiger partial charge >= 0.3 is 0 Å². The number of hydrogen-bond acceptors (Lipinski definition) is 3. The largest absolute Gasteiger partial charge is 0.385 e. The highest BCUT2D eigenvalue weighted by atomic mass is 35.5. The van der Waals surface area contributed by atoms with E-state index in [0.29, 0.717) is 36.2 Å². The van der Waals surface area contributed by atoms with Crippen molar-refractivity contribution in [2.45, 2.75) is 64.2 Å². The molecule has 0 saturated carbocycles. The number of carbonyl (C=O) groups is 1. The first-order valence-corrected chi connectivity index (χ1v) is 11.6. The van der Waals surface area contributed by atoms with Gasteiger partial charge in [0.15, 0.2) is 0 Å². The minimum absolute atomic E-state index is 0.0288. The maximum absolute atomic E-state index is 14.4. The van der Waals surface area contributed by atoms with Crippen LogP contribution < -0.4 is 5.32 Å². The summed E-state index contributed by atoms with van der Waals surface area (Å²) in [5.41, 5.74) is 2.43. The summed E-state index contributed by atoms with van der Waals surface area (Å²) >= 11 is 6.22. The zero-order chi connectivity index (χ0) is 22.0. The molecule has 0 spiro atoms. The number of hydrogen-bond donors (Lipinski definition) is 1. The maximum Gasteiger partial charge on any atom is 0.227 e. The van der Waals surface area contributed by atoms with Crippen LogP contribution in [0.4, 0.5) is 10.1 Å². The van der Waals surface area contributed by atoms with Gasteiger partial charge in [-0.2, -0.15) is 0 Å². The van der Waals surface area contributed by atoms with Gasteiger partial charge in [-0.05, 0) is 56.9 Å². The van der Waals surface area contributed by atoms with Gasteiger partial charge in [-0.15, -0.1) is 0 Å². The predicted molar refractivity (Wildman–Crippen MR) is 124 cm³/mol. The molecule has 0 aromatic heterocycles. The Morgan fingerprint density at radius 1 is 1.13 bits per heavy atom. The lowest BCUT2D eigenvalue weighted by Crippen LogP contribution is -2.48. The van der Waals surface area contributed by atoms with Crippen LogP contribution in [0.5, 0.6) is 0 Å². The molecule has 166 valence electrons. The summed E-state index contributed by atoms with van der Waals surface area (Å²) < 4.78 is 14.4. The SMILES string of the molecule is CC(C)N1[C@H]2CCNc3ccccc3CN(C(=O)Cc3c(F)cccc3Cl)C[C@@H]1CC2. The van der Waals surface area contributed by atoms with Crippen LogP contribution in [0.1, 0.15) is 44.2 Å². The van der Waals surface area contributed by atoms with E-state index in [1.54, 1.807) is 12.1 Å². The Bertz CT molecular complexity index is 914. The van der Waals surface area contributed by atoms with Gasteiger partial charge in [0, 0.05) is 54.0 Å². The predicted octanol–water partition coefficient (Wildman–Crippen LogP) is 5.11. The molecule has 2 bridgehead atoms. The average molecular weight is 444 g/mol. The molecule has 2 aliphatic heterocycles. The lowest BCUT2D eigenvalue weighted by Gasteiger charge is -2.36. The molecule has 2 aromatic rings. The minimum atomic E-state index is -0.425. The number of benzene rings is 2. The lowest BCUT2D eigenvalue weighted by molar-refractivity contribution is -0.132. The summed E-state index contributed by atoms with van der Waals surface area (Å²) in [4.78, 5) is 17.9. The maximum atomic E-state index is 14.4. The second-order valence-electron chi connectivity index (χ2n) is 8.95. The third kappa shape index (κ3) is 4.88. The van der Waals surface area contributed by atoms with E-state index in [4.69, 9.17) is 11.6 Å². The number of fused-ring (bicyclic) bond motifs is 3. The molecule has 0 aliphatic carbocycles. The van der Waals surface area contributed by atoms with Crippen LogP contribution in [-0.2, 0) is 17.8 Å². The highest BCUT2D eigenvalue weighted by Crippen LogP contribution is 2.31. The van der Waals surface area contributed by atoms with Crippen LogP contribution in [0.25, 0.3) is 0 Å². The Hall–Kier alpha value is -2.11. The van der Waals surface area contributed by atoms with Crippen molar-refractivity contribution in [2.75, 3.05) is 18.4 Å². The van der Waals surface area contributed by atoms with Crippen molar-refractivity contribution in [1.29, 1.82) is 0 Å². The second-order valence-corrected chi connectivity index (χ2v) is 9.36. The third-order valence-electron chi connectivity index (χ3n) is 6.62. The van der Waals surface area contributed by atoms with Gasteiger partial charge in [0.1, 0.15) is 5.82 Å². The third-order valence-corrected chi connectivity index (χ3v) is 6.97. The number of amides is 1. The first-order valence-electron chi connectivity index (χ1n) is 11.2. The van der Waals surface area contributed by atoms with E-state index < -0.39 is 5.82 Å². The molecule has 31 heavy (non-hydrogen) atoms. The molecule has 1 saturated heterocycles. The summed E-state index contributed by atoms with van der Waals surface area (Å²) in [5, 5.41) is 3.89. The molecule has 2 aliphatic rings. The standard InChI is InChI=1S/C25H31ClFN3O/c1-17(2)30-19-10-11-20(30)16-29(15-18-6-3-4-9-24(18)28-13-12-19)25(31)14-21-22(26)7-5-8-23(21)27/h3-9,17,19-20,28H,10-16H2,1-2H3/t19-,20+/m1/s1. The number of carbonyl (C=O) groups excluding carboxylic acids is 1. The van der Waals surface area contributed by atoms with Crippen LogP contribution in [0.15, 0.2) is 42.5 Å². The lowest BCUT2D eigenvalue weighted by atomic mass is 10.1. The van der Waals surface area contributed by atoms with Crippen molar-refractivity contribution in [3.63, 3.8) is 0 Å². The molecule has 1 amide bonds. The van der Waals surface area contributed by atoms with Crippen molar-refractivity contribution in [1.82, 2.24) is 9.80 Å². The highest BCUT2D eigenvalue weighted by molar-refractivity contribution is 6.31. The molecule has 4 rings (SSSR count). The van der Waals surface area contributed by atoms with E-state index in [2.05, 4.69) is 36.2 Å². The number of halogens is 2. The minimum Gasteiger partial charge on any atom is -0.385 e. The van der Waals surface area contributed by atoms with Gasteiger partial charge in [-0.1, -0.05) is 35.9 Å². The fourth-order valence-corrected chi connectivity index (χ4v) is 5.42. The van der Waals surface area contributed by atoms with Gasteiger partial charge in [0.2, 0.25) is 5.91 Å². The zero-order valence-electron chi connectivity index (χ0n) is 18.3. The Labute approximate surface area is 189 Å². The van der Waals surface area contributed by atoms with Crippen LogP contribution in [0.3, 0.4) is 0 Å². The molecule has 0 unspecified atom stereocenters. The number of anilines is 1. The fourth-order valence-electron chi connectivity index (χ4n) is 5.19. The molecule has 0 radical (unpaired) electrons. The monoisotopic (exact) mass is 443 g/mol. The molecule has 4 nitrogen and oxygen atoms in total. The van der Waals surface area contributed by atoms with Gasteiger partial charge in [0.05, 0.1) is 6.42 Å². The number of nitrogens with zero attached hydrogens (tertiary/aromatic N) is 2. The first kappa shape index (κ1) is 22.1. The first-order chi connectivity index (χ1) is 14.9. The number of rotatable bonds is 3. The number of para-hydroxylation sites is 1. The molecule has 1 fully saturated rings. The molecular formula is C25H31ClFN3O. The van der Waals surface area contributed by atoms with Gasteiger partial charge in [0.25, 0.3) is 0 Å². The molecule has 2 atom stereocenters. The second kappa shape index (κ2) is 9.58. The van der Waals surface area contributed by atoms with E-state index in [1.165, 1.54) is 6.07 Å². The highest BCUT2D eigenvalue weighted by Gasteiger charge is 2.37. The quantitative estimate of drug-likeness (QED) is 0.716. The van der Waals surface area contributed by atoms with E-state index in [0.717, 1.165) is 37.1 Å².